The molecule has 0 aromatic carbocycles. The summed E-state index contributed by atoms with van der Waals surface area (Å²) in [5.74, 6) is -0.161. The zero-order valence-electron chi connectivity index (χ0n) is 10.6. The van der Waals surface area contributed by atoms with Gasteiger partial charge in [-0.25, -0.2) is 9.59 Å². The maximum Gasteiger partial charge on any atom is 0.509 e. The minimum Gasteiger partial charge on any atom is -0.450 e. The van der Waals surface area contributed by atoms with E-state index in [0.29, 0.717) is 12.8 Å². The summed E-state index contributed by atoms with van der Waals surface area (Å²) in [6.45, 7) is 1.88. The highest BCUT2D eigenvalue weighted by atomic mass is 16.8. The van der Waals surface area contributed by atoms with Crippen molar-refractivity contribution in [3.8, 4) is 0 Å². The van der Waals surface area contributed by atoms with Gasteiger partial charge in [0.15, 0.2) is 5.78 Å². The van der Waals surface area contributed by atoms with E-state index in [-0.39, 0.29) is 31.5 Å². The molecule has 3 heterocycles. The van der Waals surface area contributed by atoms with Crippen molar-refractivity contribution in [1.29, 1.82) is 0 Å². The van der Waals surface area contributed by atoms with Crippen molar-refractivity contribution in [3.05, 3.63) is 0 Å². The number of Topliss-reactive ketones (excluding diaryl/α,β-unsaturated/α-hetero) is 1. The Morgan fingerprint density at radius 3 is 2.89 bits per heavy atom. The number of hydrogen-bond donors (Lipinski definition) is 0. The number of cyclic esters (lactones) is 1. The lowest BCUT2D eigenvalue weighted by atomic mass is 9.85. The van der Waals surface area contributed by atoms with Gasteiger partial charge in [0, 0.05) is 12.5 Å². The number of rotatable bonds is 1. The molecule has 7 nitrogen and oxygen atoms in total. The molecule has 19 heavy (non-hydrogen) atoms. The molecule has 0 saturated carbocycles. The van der Waals surface area contributed by atoms with Crippen molar-refractivity contribution in [1.82, 2.24) is 4.90 Å². The van der Waals surface area contributed by atoms with Gasteiger partial charge in [0.05, 0.1) is 12.6 Å². The molecule has 3 fully saturated rings. The summed E-state index contributed by atoms with van der Waals surface area (Å²) in [5.41, 5.74) is -1.32. The van der Waals surface area contributed by atoms with E-state index in [0.717, 1.165) is 0 Å². The second kappa shape index (κ2) is 4.11. The molecule has 0 N–H and O–H groups in total. The van der Waals surface area contributed by atoms with Crippen molar-refractivity contribution >= 4 is 18.0 Å². The van der Waals surface area contributed by atoms with Crippen LogP contribution in [-0.4, -0.2) is 53.8 Å². The lowest BCUT2D eigenvalue weighted by molar-refractivity contribution is -0.145. The number of fused-ring (bicyclic) bond motifs is 3. The van der Waals surface area contributed by atoms with Crippen LogP contribution < -0.4 is 0 Å². The van der Waals surface area contributed by atoms with Gasteiger partial charge in [0.1, 0.15) is 6.61 Å². The first kappa shape index (κ1) is 12.3. The van der Waals surface area contributed by atoms with Crippen molar-refractivity contribution in [2.75, 3.05) is 13.2 Å². The Morgan fingerprint density at radius 2 is 2.26 bits per heavy atom. The maximum atomic E-state index is 12.2. The van der Waals surface area contributed by atoms with Crippen LogP contribution in [-0.2, 0) is 19.0 Å². The number of nitrogens with zero attached hydrogens (tertiary/aromatic N) is 1. The van der Waals surface area contributed by atoms with Gasteiger partial charge in [0.25, 0.3) is 0 Å². The fourth-order valence-electron chi connectivity index (χ4n) is 3.26. The van der Waals surface area contributed by atoms with Gasteiger partial charge >= 0.3 is 12.2 Å². The monoisotopic (exact) mass is 269 g/mol. The highest BCUT2D eigenvalue weighted by Gasteiger charge is 2.64. The Hall–Kier alpha value is -1.79. The highest BCUT2D eigenvalue weighted by Crippen LogP contribution is 2.44. The summed E-state index contributed by atoms with van der Waals surface area (Å²) in [6, 6.07) is -0.620. The van der Waals surface area contributed by atoms with E-state index < -0.39 is 23.9 Å². The number of carbonyl (C=O) groups excluding carboxylic acids is 3. The van der Waals surface area contributed by atoms with E-state index in [4.69, 9.17) is 14.2 Å². The molecule has 3 saturated heterocycles. The molecule has 0 aromatic rings. The second-order valence-electron chi connectivity index (χ2n) is 5.01. The van der Waals surface area contributed by atoms with E-state index in [2.05, 4.69) is 0 Å². The third kappa shape index (κ3) is 1.60. The van der Waals surface area contributed by atoms with Crippen molar-refractivity contribution in [3.63, 3.8) is 0 Å². The number of carbonyl (C=O) groups is 3. The van der Waals surface area contributed by atoms with Gasteiger partial charge in [-0.3, -0.25) is 9.69 Å². The van der Waals surface area contributed by atoms with Gasteiger partial charge in [0.2, 0.25) is 5.60 Å². The lowest BCUT2D eigenvalue weighted by Gasteiger charge is -2.41. The molecule has 1 amide bonds. The van der Waals surface area contributed by atoms with E-state index in [1.54, 1.807) is 11.8 Å². The first-order valence-corrected chi connectivity index (χ1v) is 6.42. The largest absolute Gasteiger partial charge is 0.509 e. The molecule has 3 rings (SSSR count). The van der Waals surface area contributed by atoms with Crippen LogP contribution in [0.4, 0.5) is 9.59 Å². The predicted octanol–water partition coefficient (Wildman–Crippen LogP) is 0.854. The van der Waals surface area contributed by atoms with Crippen LogP contribution in [0, 0.1) is 0 Å². The number of piperidine rings is 1. The molecular formula is C12H15NO6. The van der Waals surface area contributed by atoms with Gasteiger partial charge < -0.3 is 14.2 Å². The Bertz CT molecular complexity index is 450. The number of ketones is 1. The van der Waals surface area contributed by atoms with Gasteiger partial charge in [-0.2, -0.15) is 0 Å². The highest BCUT2D eigenvalue weighted by molar-refractivity contribution is 5.94. The topological polar surface area (TPSA) is 82.1 Å². The number of hydrogen-bond acceptors (Lipinski definition) is 6. The summed E-state index contributed by atoms with van der Waals surface area (Å²) in [6.07, 6.45) is 0.221. The van der Waals surface area contributed by atoms with Gasteiger partial charge in [-0.1, -0.05) is 0 Å². The lowest BCUT2D eigenvalue weighted by Crippen LogP contribution is -2.64. The van der Waals surface area contributed by atoms with Crippen LogP contribution in [0.1, 0.15) is 26.2 Å². The van der Waals surface area contributed by atoms with Crippen molar-refractivity contribution < 1.29 is 28.6 Å². The smallest absolute Gasteiger partial charge is 0.450 e. The molecule has 0 radical (unpaired) electrons. The Morgan fingerprint density at radius 1 is 1.47 bits per heavy atom. The Balaban J connectivity index is 1.92. The minimum absolute atomic E-state index is 0.113. The SMILES string of the molecule is CCOC(=O)N1[C@H]2CC[C@@H]1[C@]1(COC(=O)O1)C(=O)C2. The number of amides is 1. The molecule has 7 heteroatoms. The zero-order valence-corrected chi connectivity index (χ0v) is 10.6. The van der Waals surface area contributed by atoms with Gasteiger partial charge in [-0.15, -0.1) is 0 Å². The van der Waals surface area contributed by atoms with E-state index >= 15 is 0 Å². The molecule has 3 aliphatic rings. The van der Waals surface area contributed by atoms with Gasteiger partial charge in [-0.05, 0) is 19.8 Å². The molecule has 0 aromatic heterocycles. The van der Waals surface area contributed by atoms with E-state index in [1.165, 1.54) is 0 Å². The normalized spacial score (nSPS) is 36.4. The fourth-order valence-corrected chi connectivity index (χ4v) is 3.26. The second-order valence-corrected chi connectivity index (χ2v) is 5.01. The quantitative estimate of drug-likeness (QED) is 0.656. The van der Waals surface area contributed by atoms with Crippen LogP contribution >= 0.6 is 0 Å². The summed E-state index contributed by atoms with van der Waals surface area (Å²) >= 11 is 0. The summed E-state index contributed by atoms with van der Waals surface area (Å²) in [7, 11) is 0. The van der Waals surface area contributed by atoms with Crippen molar-refractivity contribution in [2.45, 2.75) is 43.9 Å². The Labute approximate surface area is 109 Å². The third-order valence-corrected chi connectivity index (χ3v) is 4.08. The van der Waals surface area contributed by atoms with Crippen LogP contribution in [0.15, 0.2) is 0 Å². The van der Waals surface area contributed by atoms with E-state index in [9.17, 15) is 14.4 Å². The maximum absolute atomic E-state index is 12.2. The van der Waals surface area contributed by atoms with E-state index in [1.807, 2.05) is 0 Å². The van der Waals surface area contributed by atoms with Crippen LogP contribution in [0.2, 0.25) is 0 Å². The summed E-state index contributed by atoms with van der Waals surface area (Å²) in [5, 5.41) is 0. The molecule has 0 aliphatic carbocycles. The third-order valence-electron chi connectivity index (χ3n) is 4.08. The van der Waals surface area contributed by atoms with Crippen LogP contribution in [0.3, 0.4) is 0 Å². The molecule has 104 valence electrons. The summed E-state index contributed by atoms with van der Waals surface area (Å²) in [4.78, 5) is 37.0. The van der Waals surface area contributed by atoms with Crippen molar-refractivity contribution in [2.24, 2.45) is 0 Å². The molecule has 3 atom stereocenters. The Kier molecular flexibility index (Phi) is 2.65. The molecule has 0 unspecified atom stereocenters. The average Bonchev–Trinajstić information content (AvgIpc) is 2.90. The fraction of sp³-hybridized carbons (Fsp3) is 0.750. The minimum atomic E-state index is -1.32. The average molecular weight is 269 g/mol. The molecule has 3 aliphatic heterocycles. The molecule has 2 bridgehead atoms. The first-order valence-electron chi connectivity index (χ1n) is 6.42. The van der Waals surface area contributed by atoms with Crippen LogP contribution in [0.25, 0.3) is 0 Å². The standard InChI is InChI=1S/C12H15NO6/c1-2-17-10(15)13-7-3-4-8(13)12(9(14)5-7)6-18-11(16)19-12/h7-8H,2-6H2,1H3/t7-,8+,12+/m0/s1. The number of ether oxygens (including phenoxy) is 3. The first-order chi connectivity index (χ1) is 9.08. The van der Waals surface area contributed by atoms with Crippen LogP contribution in [0.5, 0.6) is 0 Å². The predicted molar refractivity (Wildman–Crippen MR) is 60.5 cm³/mol. The molecule has 1 spiro atoms. The summed E-state index contributed by atoms with van der Waals surface area (Å²) < 4.78 is 14.9. The zero-order chi connectivity index (χ0) is 13.6. The molecular weight excluding hydrogens is 254 g/mol.